The third kappa shape index (κ3) is 11.3. The smallest absolute Gasteiger partial charge is 0.0714 e. The van der Waals surface area contributed by atoms with Crippen LogP contribution in [0.25, 0.3) is 22.3 Å². The van der Waals surface area contributed by atoms with Gasteiger partial charge in [0, 0.05) is 27.2 Å². The quantitative estimate of drug-likeness (QED) is 0.138. The number of nitrogens with zero attached hydrogens (tertiary/aromatic N) is 1. The van der Waals surface area contributed by atoms with E-state index < -0.39 is 5.41 Å². The Morgan fingerprint density at radius 2 is 0.584 bits per heavy atom. The number of nitrogen functional groups attached to an aromatic ring is 1. The fraction of sp³-hybridized carbons (Fsp3) is 0.233. The van der Waals surface area contributed by atoms with Gasteiger partial charge in [0.1, 0.15) is 0 Å². The molecule has 16 rings (SSSR count). The zero-order chi connectivity index (χ0) is 60.0. The maximum absolute atomic E-state index is 6.24. The number of fused-ring (bicyclic) bond motifs is 6. The molecule has 0 saturated heterocycles. The number of anilines is 4. The molecule has 442 valence electrons. The lowest BCUT2D eigenvalue weighted by atomic mass is 9.67. The van der Waals surface area contributed by atoms with Gasteiger partial charge in [-0.05, 0) is 200 Å². The van der Waals surface area contributed by atoms with Gasteiger partial charge in [-0.15, -0.1) is 0 Å². The summed E-state index contributed by atoms with van der Waals surface area (Å²) in [6.07, 6.45) is 20.5. The van der Waals surface area contributed by atoms with Gasteiger partial charge in [-0.1, -0.05) is 292 Å². The minimum atomic E-state index is -0.425. The average Bonchev–Trinajstić information content (AvgIpc) is 1.59. The topological polar surface area (TPSA) is 29.3 Å². The van der Waals surface area contributed by atoms with Crippen molar-refractivity contribution in [3.05, 3.63) is 345 Å². The van der Waals surface area contributed by atoms with Gasteiger partial charge in [0.25, 0.3) is 0 Å². The van der Waals surface area contributed by atoms with E-state index in [4.69, 9.17) is 5.73 Å². The third-order valence-corrected chi connectivity index (χ3v) is 21.1. The largest absolute Gasteiger partial charge is 0.399 e. The maximum Gasteiger partial charge on any atom is 0.0714 e. The van der Waals surface area contributed by atoms with E-state index in [1.54, 1.807) is 0 Å². The van der Waals surface area contributed by atoms with Crippen molar-refractivity contribution in [2.75, 3.05) is 10.6 Å². The SMILES string of the molecule is Brc1ccc(C2CCCCC2)cc1.Nc1ccc2c(c1)C(c1ccccc1)(c1ccccc1)c1ccccc1-2.c1ccc(C2(c3ccccc3)c3ccccc3-c3ccc(N(c4ccc(C5CCCCC5)cc4)c4ccc(C5CCCCC5)cc4)cc32)cc1. The lowest BCUT2D eigenvalue weighted by molar-refractivity contribution is 0.443. The summed E-state index contributed by atoms with van der Waals surface area (Å²) in [4.78, 5) is 2.50. The Labute approximate surface area is 537 Å². The summed E-state index contributed by atoms with van der Waals surface area (Å²) in [6.45, 7) is 0. The van der Waals surface area contributed by atoms with Crippen molar-refractivity contribution >= 4 is 38.7 Å². The molecule has 11 aromatic carbocycles. The van der Waals surface area contributed by atoms with Gasteiger partial charge in [0.2, 0.25) is 0 Å². The highest BCUT2D eigenvalue weighted by molar-refractivity contribution is 9.10. The molecule has 3 fully saturated rings. The van der Waals surface area contributed by atoms with Crippen molar-refractivity contribution in [1.82, 2.24) is 0 Å². The normalized spacial score (nSPS) is 16.5. The van der Waals surface area contributed by atoms with Crippen LogP contribution in [0.15, 0.2) is 284 Å². The first-order valence-electron chi connectivity index (χ1n) is 33.2. The van der Waals surface area contributed by atoms with Crippen molar-refractivity contribution in [3.8, 4) is 22.3 Å². The molecule has 0 atom stereocenters. The first-order valence-corrected chi connectivity index (χ1v) is 34.0. The number of benzene rings is 11. The number of hydrogen-bond donors (Lipinski definition) is 1. The zero-order valence-corrected chi connectivity index (χ0v) is 52.9. The van der Waals surface area contributed by atoms with Gasteiger partial charge < -0.3 is 10.6 Å². The van der Waals surface area contributed by atoms with Crippen molar-refractivity contribution in [3.63, 3.8) is 0 Å². The summed E-state index contributed by atoms with van der Waals surface area (Å²) in [5.41, 5.74) is 30.0. The molecule has 5 aliphatic rings. The van der Waals surface area contributed by atoms with Crippen LogP contribution in [0.4, 0.5) is 22.7 Å². The standard InChI is InChI=1S/C49H47N.C25H19N.C12H15Br/c1-5-15-36(16-6-1)38-25-29-42(30-26-38)50(43-31-27-39(28-32-43)37-17-7-2-8-18-37)44-33-34-46-45-23-13-14-24-47(45)49(48(46)35-44,40-19-9-3-10-20-40)41-21-11-4-12-22-41;26-20-15-16-22-21-13-7-8-14-23(21)25(24(22)17-20,18-9-3-1-4-10-18)19-11-5-2-6-12-19;13-12-8-6-11(7-9-12)10-4-2-1-3-5-10/h3-4,9-14,19-37H,1-2,5-8,15-18H2;1-17H,26H2;6-10H,1-5H2. The van der Waals surface area contributed by atoms with E-state index in [9.17, 15) is 0 Å². The Morgan fingerprint density at radius 3 is 0.966 bits per heavy atom. The fourth-order valence-electron chi connectivity index (χ4n) is 16.3. The summed E-state index contributed by atoms with van der Waals surface area (Å²) in [5, 5.41) is 0. The highest BCUT2D eigenvalue weighted by Crippen LogP contribution is 2.59. The molecule has 89 heavy (non-hydrogen) atoms. The van der Waals surface area contributed by atoms with Crippen LogP contribution in [-0.2, 0) is 10.8 Å². The fourth-order valence-corrected chi connectivity index (χ4v) is 16.6. The molecule has 3 heteroatoms. The van der Waals surface area contributed by atoms with E-state index in [0.717, 1.165) is 11.6 Å². The lowest BCUT2D eigenvalue weighted by Crippen LogP contribution is -2.28. The van der Waals surface area contributed by atoms with Crippen molar-refractivity contribution in [2.24, 2.45) is 0 Å². The van der Waals surface area contributed by atoms with Gasteiger partial charge in [0.05, 0.1) is 10.8 Å². The predicted molar refractivity (Wildman–Crippen MR) is 378 cm³/mol. The summed E-state index contributed by atoms with van der Waals surface area (Å²) < 4.78 is 1.19. The molecule has 5 aliphatic carbocycles. The minimum absolute atomic E-state index is 0.343. The van der Waals surface area contributed by atoms with Gasteiger partial charge in [0.15, 0.2) is 0 Å². The highest BCUT2D eigenvalue weighted by atomic mass is 79.9. The van der Waals surface area contributed by atoms with E-state index in [1.165, 1.54) is 201 Å². The van der Waals surface area contributed by atoms with Crippen LogP contribution in [0.1, 0.15) is 175 Å². The number of rotatable bonds is 10. The second-order valence-corrected chi connectivity index (χ2v) is 26.6. The van der Waals surface area contributed by atoms with Crippen molar-refractivity contribution in [1.29, 1.82) is 0 Å². The van der Waals surface area contributed by atoms with Crippen LogP contribution in [0.2, 0.25) is 0 Å². The summed E-state index contributed by atoms with van der Waals surface area (Å²) in [7, 11) is 0. The maximum atomic E-state index is 6.24. The van der Waals surface area contributed by atoms with Crippen LogP contribution in [0.3, 0.4) is 0 Å². The van der Waals surface area contributed by atoms with Gasteiger partial charge >= 0.3 is 0 Å². The van der Waals surface area contributed by atoms with Crippen molar-refractivity contribution < 1.29 is 0 Å². The Hall–Kier alpha value is -8.50. The second kappa shape index (κ2) is 26.3. The first-order chi connectivity index (χ1) is 44.0. The van der Waals surface area contributed by atoms with Gasteiger partial charge in [-0.25, -0.2) is 0 Å². The summed E-state index contributed by atoms with van der Waals surface area (Å²) >= 11 is 3.47. The Balaban J connectivity index is 0.000000146. The Bertz CT molecular complexity index is 3980. The zero-order valence-electron chi connectivity index (χ0n) is 51.3. The van der Waals surface area contributed by atoms with Crippen molar-refractivity contribution in [2.45, 2.75) is 125 Å². The molecular weight excluding hydrogens is 1140 g/mol. The Morgan fingerprint density at radius 1 is 0.281 bits per heavy atom. The van der Waals surface area contributed by atoms with E-state index in [1.807, 2.05) is 6.07 Å². The molecule has 2 nitrogen and oxygen atoms in total. The summed E-state index contributed by atoms with van der Waals surface area (Å²) in [6, 6.07) is 103. The second-order valence-electron chi connectivity index (χ2n) is 25.7. The highest BCUT2D eigenvalue weighted by Gasteiger charge is 2.47. The molecule has 0 heterocycles. The molecule has 0 radical (unpaired) electrons. The molecule has 11 aromatic rings. The van der Waals surface area contributed by atoms with E-state index in [-0.39, 0.29) is 5.41 Å². The monoisotopic (exact) mass is 1220 g/mol. The van der Waals surface area contributed by atoms with Gasteiger partial charge in [-0.3, -0.25) is 0 Å². The molecule has 0 bridgehead atoms. The van der Waals surface area contributed by atoms with Gasteiger partial charge in [-0.2, -0.15) is 0 Å². The molecule has 2 N–H and O–H groups in total. The minimum Gasteiger partial charge on any atom is -0.399 e. The molecule has 0 amide bonds. The number of halogens is 1. The van der Waals surface area contributed by atoms with Crippen LogP contribution >= 0.6 is 15.9 Å². The van der Waals surface area contributed by atoms with Crippen LogP contribution < -0.4 is 10.6 Å². The third-order valence-electron chi connectivity index (χ3n) is 20.6. The average molecular weight is 1220 g/mol. The number of nitrogens with two attached hydrogens (primary N) is 1. The van der Waals surface area contributed by atoms with Crippen LogP contribution in [-0.4, -0.2) is 0 Å². The molecule has 0 aromatic heterocycles. The predicted octanol–water partition coefficient (Wildman–Crippen LogP) is 23.7. The van der Waals surface area contributed by atoms with Crippen LogP contribution in [0.5, 0.6) is 0 Å². The molecule has 3 saturated carbocycles. The summed E-state index contributed by atoms with van der Waals surface area (Å²) in [5.74, 6) is 2.22. The van der Waals surface area contributed by atoms with E-state index in [2.05, 4.69) is 294 Å². The van der Waals surface area contributed by atoms with E-state index in [0.29, 0.717) is 11.8 Å². The molecular formula is C86H81BrN2. The van der Waals surface area contributed by atoms with Crippen LogP contribution in [0, 0.1) is 0 Å². The molecule has 0 unspecified atom stereocenters. The van der Waals surface area contributed by atoms with E-state index >= 15 is 0 Å². The Kier molecular flexibility index (Phi) is 17.2. The first kappa shape index (κ1) is 58.2. The lowest BCUT2D eigenvalue weighted by Gasteiger charge is -2.35. The molecule has 0 aliphatic heterocycles. The molecule has 0 spiro atoms. The number of hydrogen-bond acceptors (Lipinski definition) is 2.